The molecule has 2 N–H and O–H groups in total. The maximum atomic E-state index is 11.9. The predicted molar refractivity (Wildman–Crippen MR) is 106 cm³/mol. The number of amides is 1. The Morgan fingerprint density at radius 2 is 2.29 bits per heavy atom. The van der Waals surface area contributed by atoms with E-state index in [0.29, 0.717) is 26.3 Å². The number of benzene rings is 1. The van der Waals surface area contributed by atoms with Crippen LogP contribution >= 0.6 is 27.5 Å². The third kappa shape index (κ3) is 5.42. The lowest BCUT2D eigenvalue weighted by Gasteiger charge is -2.13. The summed E-state index contributed by atoms with van der Waals surface area (Å²) in [6.07, 6.45) is 1.25. The lowest BCUT2D eigenvalue weighted by Crippen LogP contribution is -2.25. The molecule has 8 nitrogen and oxygen atoms in total. The molecule has 0 aliphatic carbocycles. The molecular weight excluding hydrogens is 452 g/mol. The normalized spacial score (nSPS) is 10.7. The van der Waals surface area contributed by atoms with E-state index in [2.05, 4.69) is 31.4 Å². The van der Waals surface area contributed by atoms with E-state index >= 15 is 0 Å². The zero-order valence-electron chi connectivity index (χ0n) is 15.0. The van der Waals surface area contributed by atoms with Gasteiger partial charge in [-0.2, -0.15) is 10.4 Å². The Morgan fingerprint density at radius 3 is 2.96 bits per heavy atom. The molecule has 0 saturated carbocycles. The van der Waals surface area contributed by atoms with Crippen LogP contribution in [0.4, 0.5) is 0 Å². The first-order chi connectivity index (χ1) is 13.4. The molecule has 28 heavy (non-hydrogen) atoms. The molecule has 0 spiro atoms. The van der Waals surface area contributed by atoms with Gasteiger partial charge < -0.3 is 14.6 Å². The van der Waals surface area contributed by atoms with E-state index in [1.165, 1.54) is 31.5 Å². The van der Waals surface area contributed by atoms with Crippen molar-refractivity contribution in [1.29, 1.82) is 5.26 Å². The number of carbonyl (C=O) groups excluding carboxylic acids is 1. The summed E-state index contributed by atoms with van der Waals surface area (Å²) in [5, 5.41) is 23.3. The first-order valence-electron chi connectivity index (χ1n) is 7.88. The number of aromatic nitrogens is 1. The SMILES string of the molecule is COCc1c(Br)c(C)nc(OCC(=O)N/N=C\c2cc(Cl)ccc2O)c1C#N. The lowest BCUT2D eigenvalue weighted by molar-refractivity contribution is -0.123. The smallest absolute Gasteiger partial charge is 0.278 e. The molecule has 1 aromatic heterocycles. The summed E-state index contributed by atoms with van der Waals surface area (Å²) in [6, 6.07) is 6.45. The van der Waals surface area contributed by atoms with E-state index in [0.717, 1.165) is 0 Å². The van der Waals surface area contributed by atoms with Gasteiger partial charge in [0, 0.05) is 27.7 Å². The molecule has 0 aliphatic rings. The van der Waals surface area contributed by atoms with Gasteiger partial charge in [0.2, 0.25) is 5.88 Å². The first-order valence-corrected chi connectivity index (χ1v) is 9.05. The molecule has 10 heteroatoms. The number of methoxy groups -OCH3 is 1. The largest absolute Gasteiger partial charge is 0.507 e. The van der Waals surface area contributed by atoms with Crippen molar-refractivity contribution in [2.24, 2.45) is 5.10 Å². The monoisotopic (exact) mass is 466 g/mol. The molecule has 0 unspecified atom stereocenters. The highest BCUT2D eigenvalue weighted by Crippen LogP contribution is 2.29. The van der Waals surface area contributed by atoms with Crippen molar-refractivity contribution < 1.29 is 19.4 Å². The van der Waals surface area contributed by atoms with Crippen LogP contribution in [0.25, 0.3) is 0 Å². The van der Waals surface area contributed by atoms with Gasteiger partial charge in [-0.3, -0.25) is 4.79 Å². The number of rotatable bonds is 7. The van der Waals surface area contributed by atoms with Crippen molar-refractivity contribution in [1.82, 2.24) is 10.4 Å². The fourth-order valence-corrected chi connectivity index (χ4v) is 2.76. The van der Waals surface area contributed by atoms with Crippen LogP contribution in [-0.2, 0) is 16.1 Å². The van der Waals surface area contributed by atoms with E-state index < -0.39 is 12.5 Å². The molecule has 2 aromatic rings. The van der Waals surface area contributed by atoms with E-state index in [4.69, 9.17) is 21.1 Å². The van der Waals surface area contributed by atoms with E-state index in [9.17, 15) is 15.2 Å². The maximum Gasteiger partial charge on any atom is 0.278 e. The van der Waals surface area contributed by atoms with Gasteiger partial charge in [-0.05, 0) is 41.1 Å². The van der Waals surface area contributed by atoms with Gasteiger partial charge in [0.05, 0.1) is 18.5 Å². The Labute approximate surface area is 174 Å². The quantitative estimate of drug-likeness (QED) is 0.477. The summed E-state index contributed by atoms with van der Waals surface area (Å²) >= 11 is 9.21. The molecule has 146 valence electrons. The molecule has 1 heterocycles. The van der Waals surface area contributed by atoms with Crippen molar-refractivity contribution in [2.45, 2.75) is 13.5 Å². The van der Waals surface area contributed by atoms with Crippen LogP contribution < -0.4 is 10.2 Å². The molecule has 0 atom stereocenters. The second-order valence-corrected chi connectivity index (χ2v) is 6.73. The number of halogens is 2. The highest BCUT2D eigenvalue weighted by molar-refractivity contribution is 9.10. The molecule has 1 amide bonds. The third-order valence-electron chi connectivity index (χ3n) is 3.49. The number of nitriles is 1. The molecule has 0 bridgehead atoms. The molecule has 0 radical (unpaired) electrons. The number of aromatic hydroxyl groups is 1. The second kappa shape index (κ2) is 10.0. The lowest BCUT2D eigenvalue weighted by atomic mass is 10.1. The minimum atomic E-state index is -0.572. The van der Waals surface area contributed by atoms with Crippen molar-refractivity contribution in [3.8, 4) is 17.7 Å². The minimum absolute atomic E-state index is 0.0295. The van der Waals surface area contributed by atoms with Crippen molar-refractivity contribution in [2.75, 3.05) is 13.7 Å². The summed E-state index contributed by atoms with van der Waals surface area (Å²) in [7, 11) is 1.51. The maximum absolute atomic E-state index is 11.9. The Hall–Kier alpha value is -2.67. The van der Waals surface area contributed by atoms with Crippen LogP contribution in [0.15, 0.2) is 27.8 Å². The van der Waals surface area contributed by atoms with Crippen molar-refractivity contribution in [3.63, 3.8) is 0 Å². The van der Waals surface area contributed by atoms with Crippen LogP contribution in [0.5, 0.6) is 11.6 Å². The zero-order chi connectivity index (χ0) is 20.7. The number of hydrogen-bond donors (Lipinski definition) is 2. The third-order valence-corrected chi connectivity index (χ3v) is 4.78. The average Bonchev–Trinajstić information content (AvgIpc) is 2.66. The minimum Gasteiger partial charge on any atom is -0.507 e. The zero-order valence-corrected chi connectivity index (χ0v) is 17.3. The van der Waals surface area contributed by atoms with Crippen LogP contribution in [0.1, 0.15) is 22.4 Å². The molecule has 1 aromatic carbocycles. The highest BCUT2D eigenvalue weighted by Gasteiger charge is 2.18. The van der Waals surface area contributed by atoms with Crippen LogP contribution in [0, 0.1) is 18.3 Å². The Balaban J connectivity index is 2.06. The van der Waals surface area contributed by atoms with Gasteiger partial charge >= 0.3 is 0 Å². The number of nitrogens with one attached hydrogen (secondary N) is 1. The van der Waals surface area contributed by atoms with Crippen LogP contribution in [0.3, 0.4) is 0 Å². The number of phenols is 1. The Morgan fingerprint density at radius 1 is 1.54 bits per heavy atom. The fourth-order valence-electron chi connectivity index (χ4n) is 2.18. The van der Waals surface area contributed by atoms with Crippen molar-refractivity contribution in [3.05, 3.63) is 50.1 Å². The molecule has 0 fully saturated rings. The summed E-state index contributed by atoms with van der Waals surface area (Å²) in [6.45, 7) is 1.51. The van der Waals surface area contributed by atoms with Gasteiger partial charge in [0.1, 0.15) is 17.4 Å². The van der Waals surface area contributed by atoms with Gasteiger partial charge in [-0.15, -0.1) is 0 Å². The Kier molecular flexibility index (Phi) is 7.75. The van der Waals surface area contributed by atoms with E-state index in [-0.39, 0.29) is 23.8 Å². The highest BCUT2D eigenvalue weighted by atomic mass is 79.9. The number of carbonyl (C=O) groups is 1. The van der Waals surface area contributed by atoms with E-state index in [1.807, 2.05) is 6.07 Å². The summed E-state index contributed by atoms with van der Waals surface area (Å²) in [5.74, 6) is -0.572. The van der Waals surface area contributed by atoms with Gasteiger partial charge in [0.25, 0.3) is 5.91 Å². The number of phenolic OH excluding ortho intramolecular Hbond substituents is 1. The molecule has 0 saturated heterocycles. The second-order valence-electron chi connectivity index (χ2n) is 5.50. The molecule has 2 rings (SSSR count). The summed E-state index contributed by atoms with van der Waals surface area (Å²) < 4.78 is 11.1. The molecular formula is C18H16BrClN4O4. The van der Waals surface area contributed by atoms with Crippen molar-refractivity contribution >= 4 is 39.7 Å². The molecule has 0 aliphatic heterocycles. The number of pyridine rings is 1. The number of ether oxygens (including phenoxy) is 2. The summed E-state index contributed by atoms with van der Waals surface area (Å²) in [4.78, 5) is 16.1. The fraction of sp³-hybridized carbons (Fsp3) is 0.222. The first kappa shape index (κ1) is 21.6. The van der Waals surface area contributed by atoms with E-state index in [1.54, 1.807) is 6.92 Å². The topological polar surface area (TPSA) is 117 Å². The summed E-state index contributed by atoms with van der Waals surface area (Å²) in [5.41, 5.74) is 3.96. The van der Waals surface area contributed by atoms with Gasteiger partial charge in [-0.1, -0.05) is 11.6 Å². The number of hydrazone groups is 1. The van der Waals surface area contributed by atoms with Gasteiger partial charge in [0.15, 0.2) is 6.61 Å². The van der Waals surface area contributed by atoms with Crippen LogP contribution in [-0.4, -0.2) is 35.9 Å². The number of aryl methyl sites for hydroxylation is 1. The predicted octanol–water partition coefficient (Wildman–Crippen LogP) is 3.06. The standard InChI is InChI=1S/C18H16BrClN4O4/c1-10-17(19)14(8-27-2)13(6-21)18(23-10)28-9-16(26)24-22-7-11-5-12(20)3-4-15(11)25/h3-5,7,25H,8-9H2,1-2H3,(H,24,26)/b22-7-. The van der Waals surface area contributed by atoms with Gasteiger partial charge in [-0.25, -0.2) is 10.4 Å². The average molecular weight is 468 g/mol. The van der Waals surface area contributed by atoms with Crippen LogP contribution in [0.2, 0.25) is 5.02 Å². The Bertz CT molecular complexity index is 960. The number of nitrogens with zero attached hydrogens (tertiary/aromatic N) is 3. The number of hydrogen-bond acceptors (Lipinski definition) is 7.